The molecule has 2 N–H and O–H groups in total. The molecule has 124 valence electrons. The number of nitrogens with one attached hydrogen (secondary N) is 1. The molecule has 2 fully saturated rings. The van der Waals surface area contributed by atoms with Crippen molar-refractivity contribution in [2.75, 3.05) is 26.2 Å². The minimum Gasteiger partial charge on any atom is -0.481 e. The van der Waals surface area contributed by atoms with E-state index in [2.05, 4.69) is 22.5 Å². The average Bonchev–Trinajstić information content (AvgIpc) is 3.41. The number of allylic oxidation sites excluding steroid dienone is 1. The zero-order valence-corrected chi connectivity index (χ0v) is 13.3. The number of benzene rings is 1. The molecule has 0 radical (unpaired) electrons. The van der Waals surface area contributed by atoms with Gasteiger partial charge in [-0.15, -0.1) is 0 Å². The SMILES string of the molecule is O=C(O)[C@@H]1CCCN(CCONC(=C2CC2)c2ccccc2)C1. The summed E-state index contributed by atoms with van der Waals surface area (Å²) in [6, 6.07) is 10.2. The summed E-state index contributed by atoms with van der Waals surface area (Å²) in [5.41, 5.74) is 6.76. The van der Waals surface area contributed by atoms with Crippen molar-refractivity contribution in [2.24, 2.45) is 5.92 Å². The van der Waals surface area contributed by atoms with E-state index in [-0.39, 0.29) is 5.92 Å². The molecule has 1 aliphatic heterocycles. The monoisotopic (exact) mass is 316 g/mol. The van der Waals surface area contributed by atoms with E-state index in [9.17, 15) is 4.79 Å². The smallest absolute Gasteiger partial charge is 0.307 e. The van der Waals surface area contributed by atoms with Crippen LogP contribution in [0, 0.1) is 5.92 Å². The third-order valence-corrected chi connectivity index (χ3v) is 4.45. The number of hydrogen-bond acceptors (Lipinski definition) is 4. The van der Waals surface area contributed by atoms with Crippen LogP contribution >= 0.6 is 0 Å². The van der Waals surface area contributed by atoms with Gasteiger partial charge in [0.05, 0.1) is 18.2 Å². The summed E-state index contributed by atoms with van der Waals surface area (Å²) in [5.74, 6) is -0.913. The van der Waals surface area contributed by atoms with E-state index in [0.717, 1.165) is 50.0 Å². The minimum absolute atomic E-state index is 0.231. The maximum Gasteiger partial charge on any atom is 0.307 e. The van der Waals surface area contributed by atoms with E-state index >= 15 is 0 Å². The van der Waals surface area contributed by atoms with Crippen molar-refractivity contribution in [3.05, 3.63) is 41.5 Å². The number of carboxylic acid groups (broad SMARTS) is 1. The van der Waals surface area contributed by atoms with Crippen LogP contribution in [0.3, 0.4) is 0 Å². The predicted molar refractivity (Wildman–Crippen MR) is 88.5 cm³/mol. The standard InChI is InChI=1S/C18H24N2O3/c21-18(22)16-7-4-10-20(13-16)11-12-23-19-17(15-8-9-15)14-5-2-1-3-6-14/h1-3,5-6,16,19H,4,7-13H2,(H,21,22)/t16-/m1/s1. The molecule has 2 aliphatic rings. The summed E-state index contributed by atoms with van der Waals surface area (Å²) in [7, 11) is 0. The Morgan fingerprint density at radius 1 is 1.30 bits per heavy atom. The molecule has 5 nitrogen and oxygen atoms in total. The fourth-order valence-corrected chi connectivity index (χ4v) is 3.01. The molecule has 1 saturated heterocycles. The lowest BCUT2D eigenvalue weighted by Crippen LogP contribution is -2.40. The Bertz CT molecular complexity index is 565. The van der Waals surface area contributed by atoms with Crippen LogP contribution in [0.1, 0.15) is 31.2 Å². The molecule has 1 aromatic rings. The second-order valence-corrected chi connectivity index (χ2v) is 6.27. The lowest BCUT2D eigenvalue weighted by Gasteiger charge is -2.30. The Morgan fingerprint density at radius 3 is 2.78 bits per heavy atom. The van der Waals surface area contributed by atoms with Gasteiger partial charge in [-0.25, -0.2) is 0 Å². The van der Waals surface area contributed by atoms with Crippen molar-refractivity contribution >= 4 is 11.7 Å². The van der Waals surface area contributed by atoms with Crippen molar-refractivity contribution in [1.82, 2.24) is 10.4 Å². The van der Waals surface area contributed by atoms with E-state index in [0.29, 0.717) is 13.2 Å². The lowest BCUT2D eigenvalue weighted by atomic mass is 9.98. The Labute approximate surface area is 136 Å². The van der Waals surface area contributed by atoms with E-state index in [4.69, 9.17) is 9.94 Å². The van der Waals surface area contributed by atoms with Gasteiger partial charge in [0, 0.05) is 13.1 Å². The normalized spacial score (nSPS) is 21.0. The number of rotatable bonds is 7. The van der Waals surface area contributed by atoms with Crippen LogP contribution < -0.4 is 5.48 Å². The van der Waals surface area contributed by atoms with Crippen LogP contribution in [0.5, 0.6) is 0 Å². The summed E-state index contributed by atoms with van der Waals surface area (Å²) >= 11 is 0. The van der Waals surface area contributed by atoms with Crippen molar-refractivity contribution < 1.29 is 14.7 Å². The fourth-order valence-electron chi connectivity index (χ4n) is 3.01. The van der Waals surface area contributed by atoms with Gasteiger partial charge in [-0.2, -0.15) is 0 Å². The highest BCUT2D eigenvalue weighted by atomic mass is 16.6. The highest BCUT2D eigenvalue weighted by Crippen LogP contribution is 2.34. The first kappa shape index (κ1) is 16.0. The molecule has 23 heavy (non-hydrogen) atoms. The van der Waals surface area contributed by atoms with Gasteiger partial charge >= 0.3 is 5.97 Å². The van der Waals surface area contributed by atoms with Crippen molar-refractivity contribution in [3.63, 3.8) is 0 Å². The molecule has 0 bridgehead atoms. The molecular formula is C18H24N2O3. The molecule has 0 aromatic heterocycles. The zero-order chi connectivity index (χ0) is 16.1. The molecule has 1 heterocycles. The van der Waals surface area contributed by atoms with Crippen LogP contribution in [0.2, 0.25) is 0 Å². The number of carboxylic acids is 1. The van der Waals surface area contributed by atoms with Crippen LogP contribution in [0.15, 0.2) is 35.9 Å². The second kappa shape index (κ2) is 7.62. The highest BCUT2D eigenvalue weighted by Gasteiger charge is 2.25. The molecule has 1 atom stereocenters. The first-order valence-corrected chi connectivity index (χ1v) is 8.34. The maximum atomic E-state index is 11.1. The molecule has 0 spiro atoms. The van der Waals surface area contributed by atoms with Crippen LogP contribution in [0.4, 0.5) is 0 Å². The molecule has 5 heteroatoms. The Morgan fingerprint density at radius 2 is 2.09 bits per heavy atom. The van der Waals surface area contributed by atoms with Gasteiger partial charge in [-0.1, -0.05) is 30.3 Å². The third-order valence-electron chi connectivity index (χ3n) is 4.45. The van der Waals surface area contributed by atoms with Crippen LogP contribution in [-0.2, 0) is 9.63 Å². The second-order valence-electron chi connectivity index (χ2n) is 6.27. The van der Waals surface area contributed by atoms with Gasteiger partial charge < -0.3 is 10.0 Å². The number of nitrogens with zero attached hydrogens (tertiary/aromatic N) is 1. The lowest BCUT2D eigenvalue weighted by molar-refractivity contribution is -0.143. The number of carbonyl (C=O) groups is 1. The molecule has 1 saturated carbocycles. The van der Waals surface area contributed by atoms with Crippen molar-refractivity contribution in [1.29, 1.82) is 0 Å². The van der Waals surface area contributed by atoms with E-state index in [1.165, 1.54) is 5.57 Å². The zero-order valence-electron chi connectivity index (χ0n) is 13.3. The largest absolute Gasteiger partial charge is 0.481 e. The molecular weight excluding hydrogens is 292 g/mol. The molecule has 3 rings (SSSR count). The highest BCUT2D eigenvalue weighted by molar-refractivity contribution is 5.70. The van der Waals surface area contributed by atoms with Gasteiger partial charge in [-0.3, -0.25) is 15.1 Å². The third kappa shape index (κ3) is 4.56. The van der Waals surface area contributed by atoms with Crippen LogP contribution in [0.25, 0.3) is 5.70 Å². The van der Waals surface area contributed by atoms with Crippen molar-refractivity contribution in [2.45, 2.75) is 25.7 Å². The molecule has 1 aromatic carbocycles. The van der Waals surface area contributed by atoms with Gasteiger partial charge in [0.2, 0.25) is 0 Å². The summed E-state index contributed by atoms with van der Waals surface area (Å²) in [6.45, 7) is 2.90. The first-order valence-electron chi connectivity index (χ1n) is 8.34. The summed E-state index contributed by atoms with van der Waals surface area (Å²) in [6.07, 6.45) is 4.00. The van der Waals surface area contributed by atoms with E-state index < -0.39 is 5.97 Å². The number of hydrogen-bond donors (Lipinski definition) is 2. The van der Waals surface area contributed by atoms with Crippen molar-refractivity contribution in [3.8, 4) is 0 Å². The van der Waals surface area contributed by atoms with Gasteiger partial charge in [0.15, 0.2) is 0 Å². The number of hydroxylamine groups is 1. The van der Waals surface area contributed by atoms with Crippen LogP contribution in [-0.4, -0.2) is 42.2 Å². The number of piperidine rings is 1. The summed E-state index contributed by atoms with van der Waals surface area (Å²) < 4.78 is 0. The predicted octanol–water partition coefficient (Wildman–Crippen LogP) is 2.51. The first-order chi connectivity index (χ1) is 11.2. The van der Waals surface area contributed by atoms with Gasteiger partial charge in [0.25, 0.3) is 0 Å². The maximum absolute atomic E-state index is 11.1. The van der Waals surface area contributed by atoms with E-state index in [1.807, 2.05) is 18.2 Å². The Hall–Kier alpha value is -1.85. The van der Waals surface area contributed by atoms with E-state index in [1.54, 1.807) is 0 Å². The molecule has 0 amide bonds. The number of likely N-dealkylation sites (tertiary alicyclic amines) is 1. The fraction of sp³-hybridized carbons (Fsp3) is 0.500. The topological polar surface area (TPSA) is 61.8 Å². The minimum atomic E-state index is -0.682. The van der Waals surface area contributed by atoms with Gasteiger partial charge in [0.1, 0.15) is 0 Å². The Balaban J connectivity index is 1.44. The molecule has 1 aliphatic carbocycles. The molecule has 0 unspecified atom stereocenters. The average molecular weight is 316 g/mol. The summed E-state index contributed by atoms with van der Waals surface area (Å²) in [5, 5.41) is 9.12. The number of aliphatic carboxylic acids is 1. The quantitative estimate of drug-likeness (QED) is 0.598. The summed E-state index contributed by atoms with van der Waals surface area (Å²) in [4.78, 5) is 18.9. The van der Waals surface area contributed by atoms with Gasteiger partial charge in [-0.05, 0) is 43.4 Å². The Kier molecular flexibility index (Phi) is 5.31.